The molecule has 1 aromatic rings. The van der Waals surface area contributed by atoms with Crippen molar-refractivity contribution in [2.24, 2.45) is 0 Å². The summed E-state index contributed by atoms with van der Waals surface area (Å²) >= 11 is 11.8. The van der Waals surface area contributed by atoms with Crippen LogP contribution in [0.3, 0.4) is 0 Å². The summed E-state index contributed by atoms with van der Waals surface area (Å²) in [5.41, 5.74) is -1.38. The van der Waals surface area contributed by atoms with Crippen molar-refractivity contribution in [2.75, 3.05) is 0 Å². The minimum atomic E-state index is -1.38. The Bertz CT molecular complexity index is 531. The first-order valence-electron chi connectivity index (χ1n) is 5.81. The second-order valence-electron chi connectivity index (χ2n) is 4.73. The zero-order valence-corrected chi connectivity index (χ0v) is 12.7. The number of carbonyl (C=O) groups excluding carboxylic acids is 1. The van der Waals surface area contributed by atoms with E-state index in [0.29, 0.717) is 5.02 Å². The number of benzene rings is 1. The fourth-order valence-electron chi connectivity index (χ4n) is 1.28. The number of aliphatic carboxylic acids is 1. The molecule has 0 spiro atoms. The molecule has 1 amide bonds. The third kappa shape index (κ3) is 4.02. The molecule has 20 heavy (non-hydrogen) atoms. The van der Waals surface area contributed by atoms with Crippen LogP contribution in [0.25, 0.3) is 0 Å². The summed E-state index contributed by atoms with van der Waals surface area (Å²) in [5.74, 6) is -1.44. The van der Waals surface area contributed by atoms with E-state index in [1.165, 1.54) is 20.8 Å². The highest BCUT2D eigenvalue weighted by atomic mass is 35.5. The molecule has 7 heteroatoms. The van der Waals surface area contributed by atoms with Crippen molar-refractivity contribution in [1.82, 2.24) is 5.32 Å². The van der Waals surface area contributed by atoms with Crippen LogP contribution >= 0.6 is 23.2 Å². The van der Waals surface area contributed by atoms with Crippen LogP contribution in [0.15, 0.2) is 18.2 Å². The first-order chi connectivity index (χ1) is 9.15. The van der Waals surface area contributed by atoms with Crippen LogP contribution in [-0.2, 0) is 9.59 Å². The molecule has 2 N–H and O–H groups in total. The summed E-state index contributed by atoms with van der Waals surface area (Å²) < 4.78 is 5.39. The number of carbonyl (C=O) groups is 2. The second-order valence-corrected chi connectivity index (χ2v) is 5.52. The van der Waals surface area contributed by atoms with Gasteiger partial charge in [0, 0.05) is 0 Å². The van der Waals surface area contributed by atoms with Gasteiger partial charge < -0.3 is 15.2 Å². The molecule has 0 aliphatic rings. The molecule has 0 fully saturated rings. The van der Waals surface area contributed by atoms with Crippen LogP contribution in [0.4, 0.5) is 0 Å². The van der Waals surface area contributed by atoms with Crippen LogP contribution in [-0.4, -0.2) is 28.6 Å². The van der Waals surface area contributed by atoms with Crippen molar-refractivity contribution >= 4 is 35.1 Å². The standard InChI is InChI=1S/C13H15Cl2NO4/c1-7(11(17)16-13(2,3)12(18)19)20-9-6-4-5-8(14)10(9)15/h4-7H,1-3H3,(H,16,17)(H,18,19). The van der Waals surface area contributed by atoms with Crippen molar-refractivity contribution < 1.29 is 19.4 Å². The Balaban J connectivity index is 2.76. The lowest BCUT2D eigenvalue weighted by atomic mass is 10.1. The van der Waals surface area contributed by atoms with Crippen LogP contribution < -0.4 is 10.1 Å². The molecule has 0 saturated heterocycles. The summed E-state index contributed by atoms with van der Waals surface area (Å²) in [6, 6.07) is 4.80. The first-order valence-corrected chi connectivity index (χ1v) is 6.57. The smallest absolute Gasteiger partial charge is 0.328 e. The molecule has 0 aliphatic carbocycles. The number of carboxylic acids is 1. The second kappa shape index (κ2) is 6.33. The number of nitrogens with one attached hydrogen (secondary N) is 1. The highest BCUT2D eigenvalue weighted by molar-refractivity contribution is 6.42. The van der Waals surface area contributed by atoms with E-state index in [0.717, 1.165) is 0 Å². The Morgan fingerprint density at radius 1 is 1.35 bits per heavy atom. The molecule has 1 rings (SSSR count). The minimum Gasteiger partial charge on any atom is -0.480 e. The molecule has 0 heterocycles. The fourth-order valence-corrected chi connectivity index (χ4v) is 1.62. The van der Waals surface area contributed by atoms with E-state index in [4.69, 9.17) is 33.0 Å². The van der Waals surface area contributed by atoms with Gasteiger partial charge in [-0.25, -0.2) is 4.79 Å². The van der Waals surface area contributed by atoms with Gasteiger partial charge in [0.2, 0.25) is 0 Å². The molecule has 5 nitrogen and oxygen atoms in total. The number of hydrogen-bond donors (Lipinski definition) is 2. The summed E-state index contributed by atoms with van der Waals surface area (Å²) in [7, 11) is 0. The van der Waals surface area contributed by atoms with Crippen molar-refractivity contribution in [1.29, 1.82) is 0 Å². The highest BCUT2D eigenvalue weighted by Crippen LogP contribution is 2.32. The molecule has 0 aliphatic heterocycles. The average Bonchev–Trinajstić information content (AvgIpc) is 2.34. The van der Waals surface area contributed by atoms with E-state index in [-0.39, 0.29) is 10.8 Å². The topological polar surface area (TPSA) is 75.6 Å². The van der Waals surface area contributed by atoms with Crippen molar-refractivity contribution in [2.45, 2.75) is 32.4 Å². The lowest BCUT2D eigenvalue weighted by molar-refractivity contribution is -0.147. The Morgan fingerprint density at radius 2 is 1.95 bits per heavy atom. The van der Waals surface area contributed by atoms with Crippen LogP contribution in [0.2, 0.25) is 10.0 Å². The highest BCUT2D eigenvalue weighted by Gasteiger charge is 2.31. The van der Waals surface area contributed by atoms with Gasteiger partial charge in [0.1, 0.15) is 16.3 Å². The van der Waals surface area contributed by atoms with E-state index in [9.17, 15) is 9.59 Å². The summed E-state index contributed by atoms with van der Waals surface area (Å²) in [4.78, 5) is 22.8. The Labute approximate surface area is 126 Å². The molecule has 0 bridgehead atoms. The maximum Gasteiger partial charge on any atom is 0.328 e. The molecule has 0 aromatic heterocycles. The zero-order chi connectivity index (χ0) is 15.5. The number of hydrogen-bond acceptors (Lipinski definition) is 3. The van der Waals surface area contributed by atoms with E-state index < -0.39 is 23.5 Å². The van der Waals surface area contributed by atoms with Gasteiger partial charge in [-0.1, -0.05) is 29.3 Å². The summed E-state index contributed by atoms with van der Waals surface area (Å²) in [5, 5.41) is 11.8. The summed E-state index contributed by atoms with van der Waals surface area (Å²) in [6.45, 7) is 4.25. The number of ether oxygens (including phenoxy) is 1. The molecular weight excluding hydrogens is 305 g/mol. The normalized spacial score (nSPS) is 12.7. The molecule has 1 unspecified atom stereocenters. The number of amides is 1. The SMILES string of the molecule is CC(Oc1cccc(Cl)c1Cl)C(=O)NC(C)(C)C(=O)O. The van der Waals surface area contributed by atoms with Crippen molar-refractivity contribution in [3.8, 4) is 5.75 Å². The van der Waals surface area contributed by atoms with Gasteiger partial charge in [-0.15, -0.1) is 0 Å². The molecule has 1 atom stereocenters. The third-order valence-corrected chi connectivity index (χ3v) is 3.36. The lowest BCUT2D eigenvalue weighted by Gasteiger charge is -2.24. The predicted octanol–water partition coefficient (Wildman–Crippen LogP) is 2.74. The van der Waals surface area contributed by atoms with Gasteiger partial charge in [0.25, 0.3) is 5.91 Å². The van der Waals surface area contributed by atoms with Crippen molar-refractivity contribution in [3.63, 3.8) is 0 Å². The van der Waals surface area contributed by atoms with Crippen molar-refractivity contribution in [3.05, 3.63) is 28.2 Å². The van der Waals surface area contributed by atoms with Crippen LogP contribution in [0.5, 0.6) is 5.75 Å². The van der Waals surface area contributed by atoms with Gasteiger partial charge in [-0.3, -0.25) is 4.79 Å². The van der Waals surface area contributed by atoms with E-state index >= 15 is 0 Å². The monoisotopic (exact) mass is 319 g/mol. The predicted molar refractivity (Wildman–Crippen MR) is 76.4 cm³/mol. The molecule has 0 radical (unpaired) electrons. The van der Waals surface area contributed by atoms with Gasteiger partial charge in [0.05, 0.1) is 5.02 Å². The first kappa shape index (κ1) is 16.6. The Kier molecular flexibility index (Phi) is 5.25. The van der Waals surface area contributed by atoms with E-state index in [2.05, 4.69) is 5.32 Å². The van der Waals surface area contributed by atoms with Gasteiger partial charge in [-0.05, 0) is 32.9 Å². The summed E-state index contributed by atoms with van der Waals surface area (Å²) in [6.07, 6.45) is -0.912. The van der Waals surface area contributed by atoms with Crippen LogP contribution in [0.1, 0.15) is 20.8 Å². The lowest BCUT2D eigenvalue weighted by Crippen LogP contribution is -2.53. The average molecular weight is 320 g/mol. The quantitative estimate of drug-likeness (QED) is 0.875. The van der Waals surface area contributed by atoms with Crippen LogP contribution in [0, 0.1) is 0 Å². The van der Waals surface area contributed by atoms with E-state index in [1.807, 2.05) is 0 Å². The maximum atomic E-state index is 11.9. The number of halogens is 2. The van der Waals surface area contributed by atoms with Gasteiger partial charge in [-0.2, -0.15) is 0 Å². The molecule has 110 valence electrons. The van der Waals surface area contributed by atoms with Gasteiger partial charge in [0.15, 0.2) is 6.10 Å². The number of rotatable bonds is 5. The largest absolute Gasteiger partial charge is 0.480 e. The molecule has 1 aromatic carbocycles. The van der Waals surface area contributed by atoms with Gasteiger partial charge >= 0.3 is 5.97 Å². The zero-order valence-electron chi connectivity index (χ0n) is 11.2. The Hall–Kier alpha value is -1.46. The van der Waals surface area contributed by atoms with E-state index in [1.54, 1.807) is 18.2 Å². The molecule has 0 saturated carbocycles. The maximum absolute atomic E-state index is 11.9. The minimum absolute atomic E-state index is 0.200. The number of carboxylic acid groups (broad SMARTS) is 1. The third-order valence-electron chi connectivity index (χ3n) is 2.56. The fraction of sp³-hybridized carbons (Fsp3) is 0.385. The Morgan fingerprint density at radius 3 is 2.50 bits per heavy atom. The molecular formula is C13H15Cl2NO4.